The van der Waals surface area contributed by atoms with Gasteiger partial charge in [0.15, 0.2) is 5.13 Å². The molecular formula is C23H28N4OS2. The molecule has 3 heterocycles. The molecule has 7 heteroatoms. The van der Waals surface area contributed by atoms with E-state index in [0.29, 0.717) is 0 Å². The summed E-state index contributed by atoms with van der Waals surface area (Å²) >= 11 is 3.37. The Labute approximate surface area is 186 Å². The van der Waals surface area contributed by atoms with Gasteiger partial charge in [0.05, 0.1) is 11.4 Å². The van der Waals surface area contributed by atoms with Crippen LogP contribution in [-0.4, -0.2) is 46.9 Å². The van der Waals surface area contributed by atoms with Crippen molar-refractivity contribution in [2.45, 2.75) is 33.4 Å². The first-order valence-electron chi connectivity index (χ1n) is 10.4. The Morgan fingerprint density at radius 2 is 1.73 bits per heavy atom. The van der Waals surface area contributed by atoms with Gasteiger partial charge in [0.1, 0.15) is 0 Å². The zero-order chi connectivity index (χ0) is 20.9. The number of piperazine rings is 1. The lowest BCUT2D eigenvalue weighted by Crippen LogP contribution is -2.45. The maximum atomic E-state index is 12.3. The molecule has 1 amide bonds. The fourth-order valence-corrected chi connectivity index (χ4v) is 5.36. The maximum Gasteiger partial charge on any atom is 0.230 e. The minimum Gasteiger partial charge on any atom is -0.296 e. The third-order valence-corrected chi connectivity index (χ3v) is 7.19. The van der Waals surface area contributed by atoms with Gasteiger partial charge in [-0.3, -0.25) is 19.5 Å². The van der Waals surface area contributed by atoms with Crippen molar-refractivity contribution in [1.29, 1.82) is 0 Å². The fourth-order valence-electron chi connectivity index (χ4n) is 3.74. The van der Waals surface area contributed by atoms with Crippen LogP contribution in [0.25, 0.3) is 0 Å². The number of rotatable bonds is 7. The van der Waals surface area contributed by atoms with E-state index < -0.39 is 0 Å². The molecule has 30 heavy (non-hydrogen) atoms. The normalized spacial score (nSPS) is 15.4. The molecule has 0 aliphatic carbocycles. The number of anilines is 2. The van der Waals surface area contributed by atoms with Crippen molar-refractivity contribution in [2.75, 3.05) is 31.1 Å². The second-order valence-corrected chi connectivity index (χ2v) is 9.50. The predicted octanol–water partition coefficient (Wildman–Crippen LogP) is 4.77. The summed E-state index contributed by atoms with van der Waals surface area (Å²) in [4.78, 5) is 25.3. The van der Waals surface area contributed by atoms with Crippen LogP contribution in [0, 0.1) is 0 Å². The van der Waals surface area contributed by atoms with Gasteiger partial charge in [-0.1, -0.05) is 25.1 Å². The van der Waals surface area contributed by atoms with Gasteiger partial charge in [0.2, 0.25) is 5.91 Å². The Bertz CT molecular complexity index is 944. The maximum absolute atomic E-state index is 12.3. The van der Waals surface area contributed by atoms with E-state index in [1.165, 1.54) is 10.4 Å². The van der Waals surface area contributed by atoms with E-state index in [4.69, 9.17) is 4.98 Å². The minimum absolute atomic E-state index is 0.0117. The molecule has 1 saturated heterocycles. The van der Waals surface area contributed by atoms with E-state index in [0.717, 1.165) is 62.2 Å². The van der Waals surface area contributed by atoms with Gasteiger partial charge in [0.25, 0.3) is 0 Å². The third kappa shape index (κ3) is 5.16. The van der Waals surface area contributed by atoms with Crippen molar-refractivity contribution in [3.8, 4) is 0 Å². The highest BCUT2D eigenvalue weighted by Crippen LogP contribution is 2.29. The van der Waals surface area contributed by atoms with Crippen LogP contribution in [0.3, 0.4) is 0 Å². The molecule has 1 aromatic carbocycles. The Morgan fingerprint density at radius 1 is 1.03 bits per heavy atom. The molecule has 2 aromatic heterocycles. The number of hydrogen-bond donors (Lipinski definition) is 0. The van der Waals surface area contributed by atoms with Crippen molar-refractivity contribution < 1.29 is 4.79 Å². The smallest absolute Gasteiger partial charge is 0.230 e. The summed E-state index contributed by atoms with van der Waals surface area (Å²) in [7, 11) is 0. The van der Waals surface area contributed by atoms with E-state index in [2.05, 4.69) is 51.7 Å². The Hall–Kier alpha value is -2.06. The standard InChI is InChI=1S/C23H28N4OS2/c1-3-19-6-8-21(9-7-19)27(18(2)28)23-24-20(17-30-23)15-25-10-12-26(13-11-25)16-22-5-4-14-29-22/h4-9,14,17H,3,10-13,15-16H2,1-2H3. The number of thiazole rings is 1. The molecular weight excluding hydrogens is 412 g/mol. The Balaban J connectivity index is 1.36. The molecule has 1 aliphatic heterocycles. The average molecular weight is 441 g/mol. The SMILES string of the molecule is CCc1ccc(N(C(C)=O)c2nc(CN3CCN(Cc4cccs4)CC3)cs2)cc1. The van der Waals surface area contributed by atoms with Crippen molar-refractivity contribution in [3.63, 3.8) is 0 Å². The molecule has 0 saturated carbocycles. The van der Waals surface area contributed by atoms with E-state index in [9.17, 15) is 4.79 Å². The van der Waals surface area contributed by atoms with Gasteiger partial charge < -0.3 is 0 Å². The summed E-state index contributed by atoms with van der Waals surface area (Å²) in [6, 6.07) is 12.5. The summed E-state index contributed by atoms with van der Waals surface area (Å²) < 4.78 is 0. The number of aryl methyl sites for hydroxylation is 1. The second kappa shape index (κ2) is 9.83. The van der Waals surface area contributed by atoms with Crippen LogP contribution >= 0.6 is 22.7 Å². The van der Waals surface area contributed by atoms with E-state index in [1.54, 1.807) is 23.2 Å². The number of hydrogen-bond acceptors (Lipinski definition) is 6. The summed E-state index contributed by atoms with van der Waals surface area (Å²) in [6.07, 6.45) is 0.988. The zero-order valence-corrected chi connectivity index (χ0v) is 19.2. The summed E-state index contributed by atoms with van der Waals surface area (Å²) in [5, 5.41) is 4.98. The van der Waals surface area contributed by atoms with Gasteiger partial charge in [-0.25, -0.2) is 4.98 Å². The van der Waals surface area contributed by atoms with Crippen LogP contribution in [-0.2, 0) is 24.3 Å². The third-order valence-electron chi connectivity index (χ3n) is 5.46. The number of thiophene rings is 1. The van der Waals surface area contributed by atoms with Gasteiger partial charge in [-0.2, -0.15) is 0 Å². The molecule has 0 atom stereocenters. The first-order valence-corrected chi connectivity index (χ1v) is 12.2. The lowest BCUT2D eigenvalue weighted by atomic mass is 10.1. The summed E-state index contributed by atoms with van der Waals surface area (Å²) in [5.41, 5.74) is 3.18. The number of aromatic nitrogens is 1. The largest absolute Gasteiger partial charge is 0.296 e. The molecule has 0 unspecified atom stereocenters. The van der Waals surface area contributed by atoms with Crippen molar-refractivity contribution in [1.82, 2.24) is 14.8 Å². The molecule has 3 aromatic rings. The summed E-state index contributed by atoms with van der Waals surface area (Å²) in [5.74, 6) is -0.0117. The number of carbonyl (C=O) groups excluding carboxylic acids is 1. The molecule has 4 rings (SSSR count). The van der Waals surface area contributed by atoms with Crippen molar-refractivity contribution in [2.24, 2.45) is 0 Å². The fraction of sp³-hybridized carbons (Fsp3) is 0.391. The van der Waals surface area contributed by atoms with E-state index >= 15 is 0 Å². The first-order chi connectivity index (χ1) is 14.6. The minimum atomic E-state index is -0.0117. The monoisotopic (exact) mass is 440 g/mol. The van der Waals surface area contributed by atoms with Gasteiger partial charge >= 0.3 is 0 Å². The van der Waals surface area contributed by atoms with Crippen molar-refractivity contribution in [3.05, 3.63) is 63.3 Å². The lowest BCUT2D eigenvalue weighted by Gasteiger charge is -2.34. The highest BCUT2D eigenvalue weighted by Gasteiger charge is 2.21. The number of nitrogens with zero attached hydrogens (tertiary/aromatic N) is 4. The number of benzene rings is 1. The van der Waals surface area contributed by atoms with Crippen LogP contribution in [0.5, 0.6) is 0 Å². The topological polar surface area (TPSA) is 39.7 Å². The second-order valence-electron chi connectivity index (χ2n) is 7.63. The van der Waals surface area contributed by atoms with Gasteiger partial charge in [-0.15, -0.1) is 22.7 Å². The van der Waals surface area contributed by atoms with E-state index in [1.807, 2.05) is 23.5 Å². The average Bonchev–Trinajstić information content (AvgIpc) is 3.42. The summed E-state index contributed by atoms with van der Waals surface area (Å²) in [6.45, 7) is 9.88. The van der Waals surface area contributed by atoms with E-state index in [-0.39, 0.29) is 5.91 Å². The van der Waals surface area contributed by atoms with Crippen LogP contribution < -0.4 is 4.90 Å². The van der Waals surface area contributed by atoms with Crippen molar-refractivity contribution >= 4 is 39.4 Å². The Morgan fingerprint density at radius 3 is 2.33 bits per heavy atom. The molecule has 5 nitrogen and oxygen atoms in total. The molecule has 0 bridgehead atoms. The molecule has 0 N–H and O–H groups in total. The lowest BCUT2D eigenvalue weighted by molar-refractivity contribution is -0.115. The molecule has 1 aliphatic rings. The molecule has 1 fully saturated rings. The van der Waals surface area contributed by atoms with Gasteiger partial charge in [-0.05, 0) is 35.6 Å². The predicted molar refractivity (Wildman–Crippen MR) is 126 cm³/mol. The molecule has 158 valence electrons. The number of carbonyl (C=O) groups is 1. The van der Waals surface area contributed by atoms with Crippen LogP contribution in [0.4, 0.5) is 10.8 Å². The highest BCUT2D eigenvalue weighted by atomic mass is 32.1. The molecule has 0 radical (unpaired) electrons. The Kier molecular flexibility index (Phi) is 6.94. The van der Waals surface area contributed by atoms with Crippen LogP contribution in [0.2, 0.25) is 0 Å². The van der Waals surface area contributed by atoms with Crippen LogP contribution in [0.1, 0.15) is 30.0 Å². The number of amides is 1. The van der Waals surface area contributed by atoms with Crippen LogP contribution in [0.15, 0.2) is 47.2 Å². The highest BCUT2D eigenvalue weighted by molar-refractivity contribution is 7.14. The molecule has 0 spiro atoms. The van der Waals surface area contributed by atoms with Gasteiger partial charge in [0, 0.05) is 56.4 Å². The first kappa shape index (κ1) is 21.2. The quantitative estimate of drug-likeness (QED) is 0.531. The zero-order valence-electron chi connectivity index (χ0n) is 17.6.